The molecule has 0 unspecified atom stereocenters. The van der Waals surface area contributed by atoms with Crippen molar-refractivity contribution in [3.63, 3.8) is 0 Å². The number of hydrogen-bond acceptors (Lipinski definition) is 3. The second-order valence-electron chi connectivity index (χ2n) is 3.37. The van der Waals surface area contributed by atoms with Gasteiger partial charge in [-0.15, -0.1) is 0 Å². The molecular weight excluding hydrogens is 180 g/mol. The van der Waals surface area contributed by atoms with Gasteiger partial charge in [-0.2, -0.15) is 0 Å². The molecule has 0 saturated carbocycles. The maximum absolute atomic E-state index is 11.8. The van der Waals surface area contributed by atoms with E-state index in [1.54, 1.807) is 6.08 Å². The molecule has 0 fully saturated rings. The summed E-state index contributed by atoms with van der Waals surface area (Å²) in [4.78, 5) is 21.9. The summed E-state index contributed by atoms with van der Waals surface area (Å²) in [6, 6.07) is 7.44. The summed E-state index contributed by atoms with van der Waals surface area (Å²) < 4.78 is 0. The maximum Gasteiger partial charge on any atom is 0.199 e. The Hall–Kier alpha value is -1.45. The lowest BCUT2D eigenvalue weighted by atomic mass is 10.0. The summed E-state index contributed by atoms with van der Waals surface area (Å²) in [5.41, 5.74) is 1.58. The molecule has 4 rings (SSSR count). The van der Waals surface area contributed by atoms with Crippen LogP contribution in [0, 0.1) is 0 Å². The van der Waals surface area contributed by atoms with Gasteiger partial charge in [0.05, 0.1) is 0 Å². The molecule has 0 saturated heterocycles. The molecule has 0 N–H and O–H groups in total. The van der Waals surface area contributed by atoms with E-state index < -0.39 is 6.10 Å². The number of carbonyl (C=O) groups is 1. The first kappa shape index (κ1) is 7.91. The third-order valence-corrected chi connectivity index (χ3v) is 2.51. The smallest absolute Gasteiger partial charge is 0.199 e. The van der Waals surface area contributed by atoms with Gasteiger partial charge in [0.2, 0.25) is 0 Å². The highest BCUT2D eigenvalue weighted by Crippen LogP contribution is 2.32. The van der Waals surface area contributed by atoms with E-state index in [9.17, 15) is 4.79 Å². The van der Waals surface area contributed by atoms with Crippen molar-refractivity contribution in [2.75, 3.05) is 0 Å². The molecule has 2 bridgehead atoms. The first-order chi connectivity index (χ1) is 6.86. The van der Waals surface area contributed by atoms with E-state index in [-0.39, 0.29) is 11.9 Å². The van der Waals surface area contributed by atoms with Gasteiger partial charge in [0.1, 0.15) is 6.10 Å². The second kappa shape index (κ2) is 2.77. The molecule has 2 atom stereocenters. The highest BCUT2D eigenvalue weighted by atomic mass is 17.2. The lowest BCUT2D eigenvalue weighted by Crippen LogP contribution is -2.21. The fourth-order valence-corrected chi connectivity index (χ4v) is 1.80. The van der Waals surface area contributed by atoms with Crippen LogP contribution in [0.5, 0.6) is 0 Å². The fraction of sp³-hybridized carbons (Fsp3) is 0.182. The standard InChI is InChI=1S/C11H8O3/c12-11-8-4-2-1-3-7(8)9-5-6-10(11)14-13-9/h1-6,9-10H/t9-,10+/m0/s1. The van der Waals surface area contributed by atoms with E-state index in [0.29, 0.717) is 5.56 Å². The Morgan fingerprint density at radius 2 is 1.71 bits per heavy atom. The van der Waals surface area contributed by atoms with Crippen molar-refractivity contribution < 1.29 is 14.6 Å². The van der Waals surface area contributed by atoms with Crippen LogP contribution in [0.3, 0.4) is 0 Å². The van der Waals surface area contributed by atoms with Crippen LogP contribution in [0.25, 0.3) is 0 Å². The third-order valence-electron chi connectivity index (χ3n) is 2.51. The van der Waals surface area contributed by atoms with Gasteiger partial charge < -0.3 is 0 Å². The topological polar surface area (TPSA) is 35.5 Å². The van der Waals surface area contributed by atoms with Crippen LogP contribution in [0.2, 0.25) is 0 Å². The van der Waals surface area contributed by atoms with Crippen molar-refractivity contribution in [3.05, 3.63) is 47.5 Å². The zero-order chi connectivity index (χ0) is 9.54. The summed E-state index contributed by atoms with van der Waals surface area (Å²) >= 11 is 0. The summed E-state index contributed by atoms with van der Waals surface area (Å²) in [7, 11) is 0. The molecule has 1 aromatic carbocycles. The van der Waals surface area contributed by atoms with Gasteiger partial charge in [-0.05, 0) is 17.7 Å². The maximum atomic E-state index is 11.8. The predicted octanol–water partition coefficient (Wildman–Crippen LogP) is 1.81. The van der Waals surface area contributed by atoms with Crippen molar-refractivity contribution in [1.29, 1.82) is 0 Å². The van der Waals surface area contributed by atoms with Gasteiger partial charge in [-0.3, -0.25) is 4.79 Å². The minimum absolute atomic E-state index is 0.0307. The van der Waals surface area contributed by atoms with E-state index in [1.807, 2.05) is 30.3 Å². The number of carbonyl (C=O) groups excluding carboxylic acids is 1. The number of fused-ring (bicyclic) bond motifs is 1. The van der Waals surface area contributed by atoms with Crippen LogP contribution in [-0.2, 0) is 9.78 Å². The van der Waals surface area contributed by atoms with E-state index in [4.69, 9.17) is 9.78 Å². The molecule has 14 heavy (non-hydrogen) atoms. The lowest BCUT2D eigenvalue weighted by molar-refractivity contribution is -0.329. The zero-order valence-corrected chi connectivity index (χ0v) is 7.34. The summed E-state index contributed by atoms with van der Waals surface area (Å²) in [5, 5.41) is 0. The predicted molar refractivity (Wildman–Crippen MR) is 48.6 cm³/mol. The first-order valence-electron chi connectivity index (χ1n) is 4.50. The molecule has 1 aliphatic carbocycles. The van der Waals surface area contributed by atoms with Gasteiger partial charge in [0, 0.05) is 5.56 Å². The summed E-state index contributed by atoms with van der Waals surface area (Å²) in [5.74, 6) is -0.0307. The fourth-order valence-electron chi connectivity index (χ4n) is 1.80. The van der Waals surface area contributed by atoms with Crippen molar-refractivity contribution in [3.8, 4) is 0 Å². The van der Waals surface area contributed by atoms with E-state index in [2.05, 4.69) is 0 Å². The number of rotatable bonds is 0. The monoisotopic (exact) mass is 188 g/mol. The molecule has 3 nitrogen and oxygen atoms in total. The van der Waals surface area contributed by atoms with Gasteiger partial charge in [0.25, 0.3) is 0 Å². The molecule has 0 radical (unpaired) electrons. The van der Waals surface area contributed by atoms with Crippen molar-refractivity contribution in [2.45, 2.75) is 12.2 Å². The lowest BCUT2D eigenvalue weighted by Gasteiger charge is -2.16. The molecule has 0 aromatic heterocycles. The van der Waals surface area contributed by atoms with Gasteiger partial charge in [-0.25, -0.2) is 9.78 Å². The van der Waals surface area contributed by atoms with Crippen LogP contribution in [0.1, 0.15) is 22.0 Å². The number of benzene rings is 1. The number of ketones is 1. The average molecular weight is 188 g/mol. The molecule has 3 aliphatic rings. The Bertz CT molecular complexity index is 422. The second-order valence-corrected chi connectivity index (χ2v) is 3.37. The normalized spacial score (nSPS) is 28.7. The molecule has 0 amide bonds. The Morgan fingerprint density at radius 1 is 1.00 bits per heavy atom. The molecular formula is C11H8O3. The minimum atomic E-state index is -0.574. The van der Waals surface area contributed by atoms with Crippen LogP contribution >= 0.6 is 0 Å². The Morgan fingerprint density at radius 3 is 2.50 bits per heavy atom. The van der Waals surface area contributed by atoms with Gasteiger partial charge in [-0.1, -0.05) is 24.3 Å². The van der Waals surface area contributed by atoms with Crippen LogP contribution in [-0.4, -0.2) is 11.9 Å². The van der Waals surface area contributed by atoms with E-state index in [1.165, 1.54) is 0 Å². The van der Waals surface area contributed by atoms with Crippen LogP contribution < -0.4 is 0 Å². The molecule has 2 heterocycles. The third kappa shape index (κ3) is 0.967. The minimum Gasteiger partial charge on any atom is -0.291 e. The highest BCUT2D eigenvalue weighted by molar-refractivity contribution is 6.02. The van der Waals surface area contributed by atoms with E-state index >= 15 is 0 Å². The molecule has 3 heteroatoms. The molecule has 1 aromatic rings. The highest BCUT2D eigenvalue weighted by Gasteiger charge is 2.33. The number of Topliss-reactive ketones (excluding diaryl/α,β-unsaturated/α-hetero) is 1. The molecule has 70 valence electrons. The largest absolute Gasteiger partial charge is 0.291 e. The molecule has 0 spiro atoms. The van der Waals surface area contributed by atoms with Crippen molar-refractivity contribution in [1.82, 2.24) is 0 Å². The SMILES string of the molecule is O=C1c2ccccc2[C@@H]2C=C[C@H]1OO2. The number of hydrogen-bond donors (Lipinski definition) is 0. The molecule has 2 aliphatic heterocycles. The van der Waals surface area contributed by atoms with Crippen LogP contribution in [0.4, 0.5) is 0 Å². The van der Waals surface area contributed by atoms with Gasteiger partial charge >= 0.3 is 0 Å². The summed E-state index contributed by atoms with van der Waals surface area (Å²) in [6.07, 6.45) is 2.79. The Labute approximate surface area is 80.9 Å². The van der Waals surface area contributed by atoms with Gasteiger partial charge in [0.15, 0.2) is 11.9 Å². The average Bonchev–Trinajstić information content (AvgIpc) is 2.48. The van der Waals surface area contributed by atoms with Crippen molar-refractivity contribution >= 4 is 5.78 Å². The Balaban J connectivity index is 2.25. The summed E-state index contributed by atoms with van der Waals surface area (Å²) in [6.45, 7) is 0. The van der Waals surface area contributed by atoms with E-state index in [0.717, 1.165) is 5.56 Å². The van der Waals surface area contributed by atoms with Crippen molar-refractivity contribution in [2.24, 2.45) is 0 Å². The quantitative estimate of drug-likeness (QED) is 0.460. The Kier molecular flexibility index (Phi) is 1.56. The zero-order valence-electron chi connectivity index (χ0n) is 7.34. The first-order valence-corrected chi connectivity index (χ1v) is 4.50. The van der Waals surface area contributed by atoms with Crippen LogP contribution in [0.15, 0.2) is 36.4 Å².